The number of likely N-dealkylation sites (N-methyl/N-ethyl adjacent to an activating group) is 1. The normalized spacial score (nSPS) is 16.5. The maximum atomic E-state index is 16.5. The number of piperazine rings is 1. The summed E-state index contributed by atoms with van der Waals surface area (Å²) in [4.78, 5) is 29.8. The Kier molecular flexibility index (Phi) is 6.16. The van der Waals surface area contributed by atoms with Gasteiger partial charge in [0, 0.05) is 61.6 Å². The molecule has 2 saturated heterocycles. The SMILES string of the molecule is C=CC(=O)N1CCN(c2nc(N3CC(N(C)C)C3)nc3c(F)c(-c4cccc5[nH]ncc45)c(Cl)cc23)CC1. The van der Waals surface area contributed by atoms with Crippen LogP contribution in [0.15, 0.2) is 43.1 Å². The van der Waals surface area contributed by atoms with Gasteiger partial charge in [0.1, 0.15) is 11.3 Å². The smallest absolute Gasteiger partial charge is 0.246 e. The number of nitrogens with one attached hydrogen (secondary N) is 1. The molecule has 0 aliphatic carbocycles. The van der Waals surface area contributed by atoms with E-state index in [1.807, 2.05) is 32.3 Å². The molecule has 2 aliphatic rings. The van der Waals surface area contributed by atoms with Gasteiger partial charge in [-0.1, -0.05) is 30.3 Å². The number of fused-ring (bicyclic) bond motifs is 2. The third-order valence-corrected chi connectivity index (χ3v) is 7.84. The third-order valence-electron chi connectivity index (χ3n) is 7.55. The second kappa shape index (κ2) is 9.52. The van der Waals surface area contributed by atoms with Gasteiger partial charge in [-0.3, -0.25) is 9.89 Å². The van der Waals surface area contributed by atoms with E-state index >= 15 is 4.39 Å². The molecule has 196 valence electrons. The van der Waals surface area contributed by atoms with E-state index in [0.717, 1.165) is 24.0 Å². The Morgan fingerprint density at radius 1 is 1.16 bits per heavy atom. The fraction of sp³-hybridized carbons (Fsp3) is 0.333. The van der Waals surface area contributed by atoms with E-state index < -0.39 is 5.82 Å². The van der Waals surface area contributed by atoms with Crippen LogP contribution in [0.2, 0.25) is 5.02 Å². The van der Waals surface area contributed by atoms with Gasteiger partial charge in [-0.15, -0.1) is 0 Å². The molecule has 2 aromatic carbocycles. The number of aromatic amines is 1. The first kappa shape index (κ1) is 24.6. The molecule has 1 amide bonds. The molecule has 9 nitrogen and oxygen atoms in total. The van der Waals surface area contributed by atoms with E-state index in [0.29, 0.717) is 54.9 Å². The van der Waals surface area contributed by atoms with Crippen molar-refractivity contribution in [1.29, 1.82) is 0 Å². The minimum Gasteiger partial charge on any atom is -0.352 e. The molecule has 1 N–H and O–H groups in total. The second-order valence-electron chi connectivity index (χ2n) is 9.97. The van der Waals surface area contributed by atoms with Crippen LogP contribution in [0.4, 0.5) is 16.2 Å². The molecule has 6 rings (SSSR count). The fourth-order valence-corrected chi connectivity index (χ4v) is 5.49. The van der Waals surface area contributed by atoms with Gasteiger partial charge in [-0.25, -0.2) is 9.37 Å². The number of anilines is 2. The first-order valence-corrected chi connectivity index (χ1v) is 12.9. The monoisotopic (exact) mass is 534 g/mol. The van der Waals surface area contributed by atoms with Crippen molar-refractivity contribution in [2.75, 3.05) is 63.2 Å². The Balaban J connectivity index is 1.48. The van der Waals surface area contributed by atoms with Crippen molar-refractivity contribution in [2.45, 2.75) is 6.04 Å². The van der Waals surface area contributed by atoms with Crippen LogP contribution in [-0.2, 0) is 4.79 Å². The number of hydrogen-bond donors (Lipinski definition) is 1. The Labute approximate surface area is 224 Å². The summed E-state index contributed by atoms with van der Waals surface area (Å²) in [5, 5.41) is 8.66. The number of aromatic nitrogens is 4. The Hall–Kier alpha value is -3.76. The number of hydrogen-bond acceptors (Lipinski definition) is 7. The summed E-state index contributed by atoms with van der Waals surface area (Å²) in [5.74, 6) is 0.526. The van der Waals surface area contributed by atoms with Gasteiger partial charge in [-0.2, -0.15) is 10.1 Å². The molecule has 2 aliphatic heterocycles. The van der Waals surface area contributed by atoms with Crippen molar-refractivity contribution in [3.05, 3.63) is 54.0 Å². The van der Waals surface area contributed by atoms with Crippen LogP contribution < -0.4 is 9.80 Å². The molecule has 0 saturated carbocycles. The van der Waals surface area contributed by atoms with E-state index in [-0.39, 0.29) is 22.0 Å². The lowest BCUT2D eigenvalue weighted by Crippen LogP contribution is -2.58. The lowest BCUT2D eigenvalue weighted by atomic mass is 9.99. The topological polar surface area (TPSA) is 84.5 Å². The quantitative estimate of drug-likeness (QED) is 0.392. The number of halogens is 2. The first-order valence-electron chi connectivity index (χ1n) is 12.6. The number of carbonyl (C=O) groups is 1. The van der Waals surface area contributed by atoms with Crippen LogP contribution in [0.1, 0.15) is 0 Å². The van der Waals surface area contributed by atoms with Crippen molar-refractivity contribution in [3.8, 4) is 11.1 Å². The first-order chi connectivity index (χ1) is 18.4. The highest BCUT2D eigenvalue weighted by Gasteiger charge is 2.33. The largest absolute Gasteiger partial charge is 0.352 e. The summed E-state index contributed by atoms with van der Waals surface area (Å²) in [6.07, 6.45) is 3.00. The van der Waals surface area contributed by atoms with Crippen LogP contribution in [-0.4, -0.2) is 95.3 Å². The fourth-order valence-electron chi connectivity index (χ4n) is 5.20. The van der Waals surface area contributed by atoms with Gasteiger partial charge in [-0.05, 0) is 37.9 Å². The number of carbonyl (C=O) groups excluding carboxylic acids is 1. The molecule has 4 aromatic rings. The highest BCUT2D eigenvalue weighted by atomic mass is 35.5. The molecule has 2 aromatic heterocycles. The minimum atomic E-state index is -0.490. The lowest BCUT2D eigenvalue weighted by molar-refractivity contribution is -0.126. The predicted molar refractivity (Wildman–Crippen MR) is 148 cm³/mol. The maximum Gasteiger partial charge on any atom is 0.246 e. The zero-order chi connectivity index (χ0) is 26.6. The van der Waals surface area contributed by atoms with Gasteiger partial charge in [0.15, 0.2) is 5.82 Å². The molecular weight excluding hydrogens is 507 g/mol. The molecule has 0 bridgehead atoms. The highest BCUT2D eigenvalue weighted by molar-refractivity contribution is 6.35. The van der Waals surface area contributed by atoms with Crippen molar-refractivity contribution in [3.63, 3.8) is 0 Å². The summed E-state index contributed by atoms with van der Waals surface area (Å²) in [5.41, 5.74) is 1.96. The van der Waals surface area contributed by atoms with Crippen molar-refractivity contribution < 1.29 is 9.18 Å². The zero-order valence-corrected chi connectivity index (χ0v) is 22.0. The Bertz CT molecular complexity index is 1560. The van der Waals surface area contributed by atoms with Crippen LogP contribution in [0, 0.1) is 5.82 Å². The highest BCUT2D eigenvalue weighted by Crippen LogP contribution is 2.41. The molecule has 11 heteroatoms. The molecule has 0 spiro atoms. The van der Waals surface area contributed by atoms with Gasteiger partial charge < -0.3 is 19.6 Å². The van der Waals surface area contributed by atoms with E-state index in [9.17, 15) is 4.79 Å². The molecule has 38 heavy (non-hydrogen) atoms. The molecular formula is C27H28ClFN8O. The Morgan fingerprint density at radius 3 is 2.63 bits per heavy atom. The average molecular weight is 535 g/mol. The van der Waals surface area contributed by atoms with Gasteiger partial charge >= 0.3 is 0 Å². The molecule has 4 heterocycles. The zero-order valence-electron chi connectivity index (χ0n) is 21.3. The van der Waals surface area contributed by atoms with E-state index in [2.05, 4.69) is 31.5 Å². The second-order valence-corrected chi connectivity index (χ2v) is 10.4. The average Bonchev–Trinajstić information content (AvgIpc) is 3.37. The van der Waals surface area contributed by atoms with Crippen LogP contribution in [0.5, 0.6) is 0 Å². The maximum absolute atomic E-state index is 16.5. The predicted octanol–water partition coefficient (Wildman–Crippen LogP) is 3.55. The van der Waals surface area contributed by atoms with E-state index in [1.165, 1.54) is 6.08 Å². The standard InChI is InChI=1S/C27H28ClFN8O/c1-4-22(38)35-8-10-36(11-9-35)26-18-12-20(28)23(17-6-5-7-21-19(17)13-30-33-21)24(29)25(18)31-27(32-26)37-14-16(15-37)34(2)3/h4-7,12-13,16H,1,8-11,14-15H2,2-3H3,(H,30,33). The van der Waals surface area contributed by atoms with Crippen molar-refractivity contribution >= 4 is 51.1 Å². The van der Waals surface area contributed by atoms with E-state index in [4.69, 9.17) is 21.6 Å². The molecule has 0 radical (unpaired) electrons. The number of benzene rings is 2. The van der Waals surface area contributed by atoms with Crippen LogP contribution in [0.3, 0.4) is 0 Å². The summed E-state index contributed by atoms with van der Waals surface area (Å²) >= 11 is 6.78. The van der Waals surface area contributed by atoms with Gasteiger partial charge in [0.05, 0.1) is 16.7 Å². The third kappa shape index (κ3) is 4.04. The minimum absolute atomic E-state index is 0.0969. The van der Waals surface area contributed by atoms with Gasteiger partial charge in [0.2, 0.25) is 11.9 Å². The number of rotatable bonds is 5. The molecule has 2 fully saturated rings. The van der Waals surface area contributed by atoms with Crippen molar-refractivity contribution in [1.82, 2.24) is 30.0 Å². The summed E-state index contributed by atoms with van der Waals surface area (Å²) in [7, 11) is 4.09. The van der Waals surface area contributed by atoms with Gasteiger partial charge in [0.25, 0.3) is 0 Å². The van der Waals surface area contributed by atoms with Crippen LogP contribution in [0.25, 0.3) is 32.9 Å². The summed E-state index contributed by atoms with van der Waals surface area (Å²) in [6.45, 7) is 7.27. The molecule has 0 atom stereocenters. The lowest BCUT2D eigenvalue weighted by Gasteiger charge is -2.43. The number of H-pyrrole nitrogens is 1. The Morgan fingerprint density at radius 2 is 1.92 bits per heavy atom. The van der Waals surface area contributed by atoms with Crippen molar-refractivity contribution in [2.24, 2.45) is 0 Å². The summed E-state index contributed by atoms with van der Waals surface area (Å²) in [6, 6.07) is 7.71. The summed E-state index contributed by atoms with van der Waals surface area (Å²) < 4.78 is 16.5. The van der Waals surface area contributed by atoms with E-state index in [1.54, 1.807) is 17.2 Å². The number of amides is 1. The number of nitrogens with zero attached hydrogens (tertiary/aromatic N) is 7. The molecule has 0 unspecified atom stereocenters. The van der Waals surface area contributed by atoms with Crippen LogP contribution >= 0.6 is 11.6 Å².